The molecule has 2 atom stereocenters. The molecule has 0 aliphatic rings. The second kappa shape index (κ2) is 6.19. The van der Waals surface area contributed by atoms with Crippen molar-refractivity contribution in [2.75, 3.05) is 6.54 Å². The number of carbonyl (C=O) groups is 1. The number of alkyl halides is 3. The number of halogens is 3. The molecule has 18 heavy (non-hydrogen) atoms. The van der Waals surface area contributed by atoms with Gasteiger partial charge in [0, 0.05) is 17.5 Å². The van der Waals surface area contributed by atoms with Crippen molar-refractivity contribution >= 4 is 17.3 Å². The molecule has 0 radical (unpaired) electrons. The SMILES string of the molecule is CC(Cc1cccs1)NCC(C(=O)O)C(F)(F)F. The molecule has 1 heterocycles. The molecule has 0 fully saturated rings. The van der Waals surface area contributed by atoms with Crippen molar-refractivity contribution in [2.24, 2.45) is 5.92 Å². The molecule has 0 aliphatic carbocycles. The van der Waals surface area contributed by atoms with Crippen LogP contribution in [0.2, 0.25) is 0 Å². The lowest BCUT2D eigenvalue weighted by Gasteiger charge is -2.19. The number of nitrogens with one attached hydrogen (secondary N) is 1. The topological polar surface area (TPSA) is 49.3 Å². The molecule has 3 nitrogen and oxygen atoms in total. The summed E-state index contributed by atoms with van der Waals surface area (Å²) in [5, 5.41) is 13.0. The van der Waals surface area contributed by atoms with E-state index in [-0.39, 0.29) is 6.04 Å². The van der Waals surface area contributed by atoms with Gasteiger partial charge in [-0.05, 0) is 24.8 Å². The summed E-state index contributed by atoms with van der Waals surface area (Å²) >= 11 is 1.52. The van der Waals surface area contributed by atoms with Crippen LogP contribution >= 0.6 is 11.3 Å². The number of hydrogen-bond donors (Lipinski definition) is 2. The molecule has 2 N–H and O–H groups in total. The fourth-order valence-electron chi connectivity index (χ4n) is 1.46. The summed E-state index contributed by atoms with van der Waals surface area (Å²) in [5.74, 6) is -4.21. The first-order valence-corrected chi connectivity index (χ1v) is 6.24. The maximum atomic E-state index is 12.4. The van der Waals surface area contributed by atoms with Crippen molar-refractivity contribution < 1.29 is 23.1 Å². The van der Waals surface area contributed by atoms with Gasteiger partial charge < -0.3 is 10.4 Å². The van der Waals surface area contributed by atoms with E-state index < -0.39 is 24.6 Å². The average Bonchev–Trinajstić information content (AvgIpc) is 2.67. The zero-order valence-corrected chi connectivity index (χ0v) is 10.5. The molecule has 7 heteroatoms. The minimum absolute atomic E-state index is 0.201. The Morgan fingerprint density at radius 1 is 1.56 bits per heavy atom. The van der Waals surface area contributed by atoms with E-state index in [1.54, 1.807) is 6.92 Å². The van der Waals surface area contributed by atoms with Crippen LogP contribution in [0.1, 0.15) is 11.8 Å². The Kier molecular flexibility index (Phi) is 5.15. The largest absolute Gasteiger partial charge is 0.481 e. The highest BCUT2D eigenvalue weighted by atomic mass is 32.1. The zero-order chi connectivity index (χ0) is 13.8. The van der Waals surface area contributed by atoms with E-state index in [0.29, 0.717) is 6.42 Å². The highest BCUT2D eigenvalue weighted by Gasteiger charge is 2.44. The van der Waals surface area contributed by atoms with Crippen molar-refractivity contribution in [3.05, 3.63) is 22.4 Å². The van der Waals surface area contributed by atoms with E-state index in [2.05, 4.69) is 5.32 Å². The Morgan fingerprint density at radius 2 is 2.22 bits per heavy atom. The molecule has 0 saturated carbocycles. The summed E-state index contributed by atoms with van der Waals surface area (Å²) in [5.41, 5.74) is 0. The van der Waals surface area contributed by atoms with E-state index in [1.807, 2.05) is 17.5 Å². The summed E-state index contributed by atoms with van der Waals surface area (Å²) in [6, 6.07) is 3.55. The Morgan fingerprint density at radius 3 is 2.67 bits per heavy atom. The van der Waals surface area contributed by atoms with E-state index in [0.717, 1.165) is 4.88 Å². The predicted octanol–water partition coefficient (Wildman–Crippen LogP) is 2.53. The first-order valence-electron chi connectivity index (χ1n) is 5.36. The van der Waals surface area contributed by atoms with Gasteiger partial charge >= 0.3 is 12.1 Å². The second-order valence-corrected chi connectivity index (χ2v) is 5.06. The van der Waals surface area contributed by atoms with E-state index in [4.69, 9.17) is 5.11 Å². The summed E-state index contributed by atoms with van der Waals surface area (Å²) in [6.07, 6.45) is -4.14. The van der Waals surface area contributed by atoms with Crippen LogP contribution < -0.4 is 5.32 Å². The van der Waals surface area contributed by atoms with Crippen LogP contribution in [-0.4, -0.2) is 29.8 Å². The molecule has 0 aliphatic heterocycles. The Bertz CT molecular complexity index is 378. The van der Waals surface area contributed by atoms with E-state index in [9.17, 15) is 18.0 Å². The molecule has 1 aromatic rings. The Labute approximate surface area is 107 Å². The minimum atomic E-state index is -4.72. The fourth-order valence-corrected chi connectivity index (χ4v) is 2.30. The lowest BCUT2D eigenvalue weighted by atomic mass is 10.1. The van der Waals surface area contributed by atoms with Gasteiger partial charge in [0.2, 0.25) is 0 Å². The number of carboxylic acids is 1. The standard InChI is InChI=1S/C11H14F3NO2S/c1-7(5-8-3-2-4-18-8)15-6-9(10(16)17)11(12,13)14/h2-4,7,9,15H,5-6H2,1H3,(H,16,17). The van der Waals surface area contributed by atoms with Gasteiger partial charge in [0.25, 0.3) is 0 Å². The summed E-state index contributed by atoms with van der Waals surface area (Å²) in [6.45, 7) is 1.13. The number of hydrogen-bond acceptors (Lipinski definition) is 3. The first kappa shape index (κ1) is 15.0. The molecule has 0 spiro atoms. The molecule has 0 aromatic carbocycles. The number of carboxylic acid groups (broad SMARTS) is 1. The number of rotatable bonds is 6. The van der Waals surface area contributed by atoms with Gasteiger partial charge in [0.15, 0.2) is 5.92 Å². The van der Waals surface area contributed by atoms with Crippen molar-refractivity contribution in [3.63, 3.8) is 0 Å². The van der Waals surface area contributed by atoms with Gasteiger partial charge in [0.1, 0.15) is 0 Å². The van der Waals surface area contributed by atoms with E-state index >= 15 is 0 Å². The minimum Gasteiger partial charge on any atom is -0.481 e. The van der Waals surface area contributed by atoms with Gasteiger partial charge in [0.05, 0.1) is 0 Å². The fraction of sp³-hybridized carbons (Fsp3) is 0.545. The molecule has 0 bridgehead atoms. The maximum Gasteiger partial charge on any atom is 0.403 e. The third-order valence-corrected chi connectivity index (χ3v) is 3.35. The summed E-state index contributed by atoms with van der Waals surface area (Å²) < 4.78 is 37.1. The van der Waals surface area contributed by atoms with Crippen LogP contribution in [-0.2, 0) is 11.2 Å². The van der Waals surface area contributed by atoms with Crippen LogP contribution in [0.3, 0.4) is 0 Å². The predicted molar refractivity (Wildman–Crippen MR) is 62.7 cm³/mol. The lowest BCUT2D eigenvalue weighted by molar-refractivity contribution is -0.192. The Hall–Kier alpha value is -1.08. The van der Waals surface area contributed by atoms with E-state index in [1.165, 1.54) is 11.3 Å². The summed E-state index contributed by atoms with van der Waals surface area (Å²) in [4.78, 5) is 11.6. The lowest BCUT2D eigenvalue weighted by Crippen LogP contribution is -2.42. The number of aliphatic carboxylic acids is 1. The van der Waals surface area contributed by atoms with Gasteiger partial charge in [-0.1, -0.05) is 6.07 Å². The molecular formula is C11H14F3NO2S. The quantitative estimate of drug-likeness (QED) is 0.842. The molecule has 2 unspecified atom stereocenters. The first-order chi connectivity index (χ1) is 8.30. The zero-order valence-electron chi connectivity index (χ0n) is 9.70. The van der Waals surface area contributed by atoms with Crippen LogP contribution in [0.5, 0.6) is 0 Å². The van der Waals surface area contributed by atoms with Crippen LogP contribution in [0.4, 0.5) is 13.2 Å². The molecule has 0 saturated heterocycles. The van der Waals surface area contributed by atoms with Crippen LogP contribution in [0.15, 0.2) is 17.5 Å². The third-order valence-electron chi connectivity index (χ3n) is 2.45. The molecule has 0 amide bonds. The smallest absolute Gasteiger partial charge is 0.403 e. The van der Waals surface area contributed by atoms with Crippen LogP contribution in [0, 0.1) is 5.92 Å². The highest BCUT2D eigenvalue weighted by Crippen LogP contribution is 2.26. The normalized spacial score (nSPS) is 15.3. The van der Waals surface area contributed by atoms with Gasteiger partial charge in [-0.15, -0.1) is 11.3 Å². The monoisotopic (exact) mass is 281 g/mol. The molecule has 1 rings (SSSR count). The second-order valence-electron chi connectivity index (χ2n) is 4.03. The van der Waals surface area contributed by atoms with Crippen molar-refractivity contribution in [3.8, 4) is 0 Å². The Balaban J connectivity index is 2.45. The van der Waals surface area contributed by atoms with Crippen LogP contribution in [0.25, 0.3) is 0 Å². The molecule has 1 aromatic heterocycles. The van der Waals surface area contributed by atoms with Gasteiger partial charge in [-0.2, -0.15) is 13.2 Å². The maximum absolute atomic E-state index is 12.4. The third kappa shape index (κ3) is 4.66. The average molecular weight is 281 g/mol. The van der Waals surface area contributed by atoms with Gasteiger partial charge in [-0.25, -0.2) is 0 Å². The molecular weight excluding hydrogens is 267 g/mol. The van der Waals surface area contributed by atoms with Gasteiger partial charge in [-0.3, -0.25) is 4.79 Å². The molecule has 102 valence electrons. The van der Waals surface area contributed by atoms with Crippen molar-refractivity contribution in [1.82, 2.24) is 5.32 Å². The van der Waals surface area contributed by atoms with Crippen molar-refractivity contribution in [2.45, 2.75) is 25.6 Å². The number of thiophene rings is 1. The van der Waals surface area contributed by atoms with Crippen molar-refractivity contribution in [1.29, 1.82) is 0 Å². The highest BCUT2D eigenvalue weighted by molar-refractivity contribution is 7.09. The summed E-state index contributed by atoms with van der Waals surface area (Å²) in [7, 11) is 0.